The lowest BCUT2D eigenvalue weighted by atomic mass is 9.94. The van der Waals surface area contributed by atoms with Gasteiger partial charge in [-0.2, -0.15) is 5.10 Å². The van der Waals surface area contributed by atoms with Gasteiger partial charge >= 0.3 is 0 Å². The third-order valence-electron chi connectivity index (χ3n) is 3.19. The van der Waals surface area contributed by atoms with E-state index in [-0.39, 0.29) is 29.5 Å². The van der Waals surface area contributed by atoms with Crippen LogP contribution in [0, 0.1) is 5.92 Å². The fraction of sp³-hybridized carbons (Fsp3) is 0.400. The number of anilines is 1. The Morgan fingerprint density at radius 3 is 2.71 bits per heavy atom. The summed E-state index contributed by atoms with van der Waals surface area (Å²) in [4.78, 5) is 22.9. The monoisotopic (exact) mass is 307 g/mol. The van der Waals surface area contributed by atoms with Gasteiger partial charge in [-0.3, -0.25) is 9.59 Å². The Bertz CT molecular complexity index is 567. The van der Waals surface area contributed by atoms with Crippen LogP contribution in [0.1, 0.15) is 32.3 Å². The zero-order valence-corrected chi connectivity index (χ0v) is 12.8. The van der Waals surface area contributed by atoms with Gasteiger partial charge in [-0.1, -0.05) is 19.1 Å². The van der Waals surface area contributed by atoms with Crippen molar-refractivity contribution < 1.29 is 9.59 Å². The number of alkyl halides is 1. The number of amides is 2. The van der Waals surface area contributed by atoms with Crippen LogP contribution < -0.4 is 10.7 Å². The van der Waals surface area contributed by atoms with E-state index >= 15 is 0 Å². The van der Waals surface area contributed by atoms with Crippen LogP contribution in [0.4, 0.5) is 5.69 Å². The number of halogens is 1. The Balaban J connectivity index is 2.05. The highest BCUT2D eigenvalue weighted by atomic mass is 35.5. The van der Waals surface area contributed by atoms with Gasteiger partial charge in [-0.25, -0.2) is 5.43 Å². The Hall–Kier alpha value is -1.88. The van der Waals surface area contributed by atoms with Crippen molar-refractivity contribution in [2.24, 2.45) is 11.0 Å². The first-order chi connectivity index (χ1) is 9.95. The van der Waals surface area contributed by atoms with Crippen molar-refractivity contribution in [3.05, 3.63) is 29.8 Å². The van der Waals surface area contributed by atoms with Crippen LogP contribution in [0.15, 0.2) is 29.4 Å². The molecule has 0 saturated carbocycles. The molecule has 2 unspecified atom stereocenters. The van der Waals surface area contributed by atoms with E-state index in [0.717, 1.165) is 11.3 Å². The van der Waals surface area contributed by atoms with Gasteiger partial charge in [0.25, 0.3) is 0 Å². The normalized spacial score (nSPS) is 19.5. The van der Waals surface area contributed by atoms with E-state index < -0.39 is 0 Å². The van der Waals surface area contributed by atoms with Crippen LogP contribution in [0.3, 0.4) is 0 Å². The fourth-order valence-corrected chi connectivity index (χ4v) is 2.33. The second-order valence-electron chi connectivity index (χ2n) is 5.25. The van der Waals surface area contributed by atoms with Gasteiger partial charge in [0.1, 0.15) is 0 Å². The summed E-state index contributed by atoms with van der Waals surface area (Å²) in [6, 6.07) is 7.40. The van der Waals surface area contributed by atoms with Crippen molar-refractivity contribution >= 4 is 34.8 Å². The molecule has 0 bridgehead atoms. The zero-order valence-electron chi connectivity index (χ0n) is 12.0. The molecular formula is C15H18ClN3O2. The van der Waals surface area contributed by atoms with Crippen LogP contribution in [-0.4, -0.2) is 22.9 Å². The van der Waals surface area contributed by atoms with Gasteiger partial charge in [0.2, 0.25) is 11.8 Å². The van der Waals surface area contributed by atoms with Crippen LogP contribution in [-0.2, 0) is 9.59 Å². The summed E-state index contributed by atoms with van der Waals surface area (Å²) < 4.78 is 0. The molecule has 0 radical (unpaired) electrons. The standard InChI is InChI=1S/C15H18ClN3O2/c1-9-7-14(21)18-19-15(9)11-3-5-12(6-4-11)17-13(20)8-10(2)16/h3-6,9-10H,7-8H2,1-2H3,(H,17,20)(H,18,21). The Labute approximate surface area is 128 Å². The molecule has 0 spiro atoms. The van der Waals surface area contributed by atoms with Gasteiger partial charge in [0, 0.05) is 29.8 Å². The minimum absolute atomic E-state index is 0.0645. The molecule has 0 aliphatic carbocycles. The van der Waals surface area contributed by atoms with E-state index in [1.165, 1.54) is 0 Å². The molecule has 21 heavy (non-hydrogen) atoms. The number of nitrogens with one attached hydrogen (secondary N) is 2. The van der Waals surface area contributed by atoms with Crippen LogP contribution in [0.2, 0.25) is 0 Å². The van der Waals surface area contributed by atoms with Gasteiger partial charge < -0.3 is 5.32 Å². The average molecular weight is 308 g/mol. The lowest BCUT2D eigenvalue weighted by molar-refractivity contribution is -0.122. The molecule has 1 aliphatic rings. The molecule has 2 rings (SSSR count). The predicted octanol–water partition coefficient (Wildman–Crippen LogP) is 2.50. The maximum absolute atomic E-state index is 11.6. The molecule has 2 atom stereocenters. The van der Waals surface area contributed by atoms with Crippen LogP contribution in [0.25, 0.3) is 0 Å². The summed E-state index contributed by atoms with van der Waals surface area (Å²) in [6.45, 7) is 3.75. The molecule has 0 fully saturated rings. The van der Waals surface area contributed by atoms with Gasteiger partial charge in [0.15, 0.2) is 0 Å². The highest BCUT2D eigenvalue weighted by molar-refractivity contribution is 6.21. The number of hydrogen-bond donors (Lipinski definition) is 2. The van der Waals surface area contributed by atoms with E-state index in [4.69, 9.17) is 11.6 Å². The average Bonchev–Trinajstić information content (AvgIpc) is 2.39. The summed E-state index contributed by atoms with van der Waals surface area (Å²) in [5.41, 5.74) is 5.00. The molecule has 0 saturated heterocycles. The first kappa shape index (κ1) is 15.5. The van der Waals surface area contributed by atoms with Crippen LogP contribution >= 0.6 is 11.6 Å². The molecule has 2 amide bonds. The number of carbonyl (C=O) groups excluding carboxylic acids is 2. The highest BCUT2D eigenvalue weighted by Gasteiger charge is 2.21. The number of hydrazone groups is 1. The summed E-state index contributed by atoms with van der Waals surface area (Å²) in [5, 5.41) is 6.70. The number of hydrogen-bond acceptors (Lipinski definition) is 3. The maximum atomic E-state index is 11.6. The zero-order chi connectivity index (χ0) is 15.4. The number of nitrogens with zero attached hydrogens (tertiary/aromatic N) is 1. The highest BCUT2D eigenvalue weighted by Crippen LogP contribution is 2.18. The van der Waals surface area contributed by atoms with Gasteiger partial charge in [-0.15, -0.1) is 11.6 Å². The molecule has 2 N–H and O–H groups in total. The van der Waals surface area contributed by atoms with E-state index in [0.29, 0.717) is 12.1 Å². The van der Waals surface area contributed by atoms with Gasteiger partial charge in [-0.05, 0) is 24.6 Å². The first-order valence-electron chi connectivity index (χ1n) is 6.86. The number of carbonyl (C=O) groups is 2. The molecule has 0 aromatic heterocycles. The van der Waals surface area contributed by atoms with E-state index in [1.807, 2.05) is 31.2 Å². The lowest BCUT2D eigenvalue weighted by Crippen LogP contribution is -2.31. The second kappa shape index (κ2) is 6.72. The van der Waals surface area contributed by atoms with Crippen molar-refractivity contribution in [3.63, 3.8) is 0 Å². The largest absolute Gasteiger partial charge is 0.326 e. The molecule has 6 heteroatoms. The molecule has 5 nitrogen and oxygen atoms in total. The quantitative estimate of drug-likeness (QED) is 0.839. The predicted molar refractivity (Wildman–Crippen MR) is 83.5 cm³/mol. The molecule has 1 aromatic rings. The van der Waals surface area contributed by atoms with Crippen LogP contribution in [0.5, 0.6) is 0 Å². The Kier molecular flexibility index (Phi) is 4.96. The van der Waals surface area contributed by atoms with Crippen molar-refractivity contribution in [2.45, 2.75) is 32.1 Å². The number of rotatable bonds is 4. The smallest absolute Gasteiger partial charge is 0.240 e. The topological polar surface area (TPSA) is 70.6 Å². The van der Waals surface area contributed by atoms with E-state index in [1.54, 1.807) is 6.92 Å². The number of benzene rings is 1. The summed E-state index contributed by atoms with van der Waals surface area (Å²) >= 11 is 5.78. The third-order valence-corrected chi connectivity index (χ3v) is 3.34. The minimum Gasteiger partial charge on any atom is -0.326 e. The van der Waals surface area contributed by atoms with Crippen molar-refractivity contribution in [1.82, 2.24) is 5.43 Å². The Morgan fingerprint density at radius 2 is 2.14 bits per heavy atom. The van der Waals surface area contributed by atoms with E-state index in [9.17, 15) is 9.59 Å². The molecule has 112 valence electrons. The van der Waals surface area contributed by atoms with Crippen molar-refractivity contribution in [1.29, 1.82) is 0 Å². The fourth-order valence-electron chi connectivity index (χ4n) is 2.19. The first-order valence-corrected chi connectivity index (χ1v) is 7.30. The van der Waals surface area contributed by atoms with Crippen molar-refractivity contribution in [3.8, 4) is 0 Å². The minimum atomic E-state index is -0.190. The van der Waals surface area contributed by atoms with Gasteiger partial charge in [0.05, 0.1) is 5.71 Å². The molecular weight excluding hydrogens is 290 g/mol. The molecule has 1 aliphatic heterocycles. The second-order valence-corrected chi connectivity index (χ2v) is 5.99. The van der Waals surface area contributed by atoms with Crippen molar-refractivity contribution in [2.75, 3.05) is 5.32 Å². The summed E-state index contributed by atoms with van der Waals surface area (Å²) in [7, 11) is 0. The summed E-state index contributed by atoms with van der Waals surface area (Å²) in [6.07, 6.45) is 0.712. The molecule has 1 heterocycles. The lowest BCUT2D eigenvalue weighted by Gasteiger charge is -2.19. The van der Waals surface area contributed by atoms with E-state index in [2.05, 4.69) is 15.8 Å². The molecule has 1 aromatic carbocycles. The summed E-state index contributed by atoms with van der Waals surface area (Å²) in [5.74, 6) is -0.0949. The SMILES string of the molecule is CC(Cl)CC(=O)Nc1ccc(C2=NNC(=O)CC2C)cc1. The Morgan fingerprint density at radius 1 is 1.48 bits per heavy atom. The third kappa shape index (κ3) is 4.29. The maximum Gasteiger partial charge on any atom is 0.240 e.